The van der Waals surface area contributed by atoms with E-state index in [9.17, 15) is 0 Å². The second-order valence-electron chi connectivity index (χ2n) is 5.49. The Balaban J connectivity index is 1.80. The maximum absolute atomic E-state index is 8.85. The van der Waals surface area contributed by atoms with E-state index < -0.39 is 0 Å². The Morgan fingerprint density at radius 3 is 2.41 bits per heavy atom. The van der Waals surface area contributed by atoms with Gasteiger partial charge in [-0.05, 0) is 48.8 Å². The van der Waals surface area contributed by atoms with Crippen molar-refractivity contribution in [2.75, 3.05) is 11.9 Å². The molecule has 1 aliphatic carbocycles. The maximum Gasteiger partial charge on any atom is 0.0471 e. The van der Waals surface area contributed by atoms with Gasteiger partial charge in [-0.25, -0.2) is 0 Å². The molecule has 17 heavy (non-hydrogen) atoms. The highest BCUT2D eigenvalue weighted by atomic mass is 16.2. The molecule has 0 unspecified atom stereocenters. The van der Waals surface area contributed by atoms with E-state index in [1.807, 2.05) is 0 Å². The largest absolute Gasteiger partial charge is 0.396 e. The van der Waals surface area contributed by atoms with E-state index in [1.165, 1.54) is 24.1 Å². The maximum atomic E-state index is 8.85. The van der Waals surface area contributed by atoms with Crippen LogP contribution in [0.1, 0.15) is 32.3 Å². The molecule has 0 aromatic heterocycles. The molecular formula is C15H23NO. The van der Waals surface area contributed by atoms with Gasteiger partial charge in [-0.3, -0.25) is 0 Å². The third-order valence-corrected chi connectivity index (χ3v) is 3.84. The summed E-state index contributed by atoms with van der Waals surface area (Å²) >= 11 is 0. The zero-order valence-corrected chi connectivity index (χ0v) is 10.8. The van der Waals surface area contributed by atoms with E-state index in [4.69, 9.17) is 5.11 Å². The van der Waals surface area contributed by atoms with Gasteiger partial charge in [0.05, 0.1) is 0 Å². The molecule has 1 aromatic rings. The standard InChI is InChI=1S/C15H23NO/c1-11(2)13-9-15(10-13)16-14-5-3-12(4-6-14)7-8-17/h3-6,11,13,15-17H,7-10H2,1-2H3. The van der Waals surface area contributed by atoms with Crippen LogP contribution >= 0.6 is 0 Å². The minimum atomic E-state index is 0.228. The van der Waals surface area contributed by atoms with Gasteiger partial charge in [-0.2, -0.15) is 0 Å². The van der Waals surface area contributed by atoms with Gasteiger partial charge in [0.1, 0.15) is 0 Å². The minimum absolute atomic E-state index is 0.228. The summed E-state index contributed by atoms with van der Waals surface area (Å²) in [6.45, 7) is 4.85. The summed E-state index contributed by atoms with van der Waals surface area (Å²) in [5.74, 6) is 1.72. The summed E-state index contributed by atoms with van der Waals surface area (Å²) in [4.78, 5) is 0. The normalized spacial score (nSPS) is 23.5. The molecule has 94 valence electrons. The number of rotatable bonds is 5. The lowest BCUT2D eigenvalue weighted by molar-refractivity contribution is 0.212. The molecule has 0 spiro atoms. The fourth-order valence-electron chi connectivity index (χ4n) is 2.46. The summed E-state index contributed by atoms with van der Waals surface area (Å²) in [5, 5.41) is 12.4. The fraction of sp³-hybridized carbons (Fsp3) is 0.600. The predicted octanol–water partition coefficient (Wildman–Crippen LogP) is 3.07. The average Bonchev–Trinajstić information content (AvgIpc) is 2.25. The lowest BCUT2D eigenvalue weighted by Gasteiger charge is -2.39. The van der Waals surface area contributed by atoms with E-state index in [-0.39, 0.29) is 6.61 Å². The van der Waals surface area contributed by atoms with Crippen molar-refractivity contribution in [1.29, 1.82) is 0 Å². The van der Waals surface area contributed by atoms with Gasteiger partial charge in [0.2, 0.25) is 0 Å². The third kappa shape index (κ3) is 3.22. The lowest BCUT2D eigenvalue weighted by atomic mass is 9.73. The Hall–Kier alpha value is -1.02. The van der Waals surface area contributed by atoms with E-state index in [2.05, 4.69) is 43.4 Å². The summed E-state index contributed by atoms with van der Waals surface area (Å²) in [5.41, 5.74) is 2.41. The van der Waals surface area contributed by atoms with Gasteiger partial charge in [0.25, 0.3) is 0 Å². The van der Waals surface area contributed by atoms with Crippen molar-refractivity contribution in [1.82, 2.24) is 0 Å². The van der Waals surface area contributed by atoms with Crippen LogP contribution in [0.4, 0.5) is 5.69 Å². The molecule has 0 aliphatic heterocycles. The van der Waals surface area contributed by atoms with Crippen LogP contribution in [0.2, 0.25) is 0 Å². The molecular weight excluding hydrogens is 210 g/mol. The van der Waals surface area contributed by atoms with Crippen molar-refractivity contribution in [3.05, 3.63) is 29.8 Å². The van der Waals surface area contributed by atoms with E-state index in [0.29, 0.717) is 6.04 Å². The van der Waals surface area contributed by atoms with Gasteiger partial charge < -0.3 is 10.4 Å². The first-order valence-electron chi connectivity index (χ1n) is 6.65. The summed E-state index contributed by atoms with van der Waals surface area (Å²) < 4.78 is 0. The quantitative estimate of drug-likeness (QED) is 0.819. The number of benzene rings is 1. The molecule has 2 rings (SSSR count). The van der Waals surface area contributed by atoms with Crippen LogP contribution in [0.15, 0.2) is 24.3 Å². The van der Waals surface area contributed by atoms with Gasteiger partial charge in [-0.1, -0.05) is 26.0 Å². The number of anilines is 1. The van der Waals surface area contributed by atoms with Crippen molar-refractivity contribution in [2.24, 2.45) is 11.8 Å². The minimum Gasteiger partial charge on any atom is -0.396 e. The number of aliphatic hydroxyl groups excluding tert-OH is 1. The third-order valence-electron chi connectivity index (χ3n) is 3.84. The highest BCUT2D eigenvalue weighted by Crippen LogP contribution is 2.35. The Labute approximate surface area is 104 Å². The van der Waals surface area contributed by atoms with Crippen molar-refractivity contribution < 1.29 is 5.11 Å². The van der Waals surface area contributed by atoms with E-state index in [0.717, 1.165) is 18.3 Å². The molecule has 1 saturated carbocycles. The predicted molar refractivity (Wildman–Crippen MR) is 72.2 cm³/mol. The monoisotopic (exact) mass is 233 g/mol. The van der Waals surface area contributed by atoms with Crippen LogP contribution in [-0.2, 0) is 6.42 Å². The summed E-state index contributed by atoms with van der Waals surface area (Å²) in [7, 11) is 0. The van der Waals surface area contributed by atoms with Crippen LogP contribution in [0.25, 0.3) is 0 Å². The first kappa shape index (κ1) is 12.4. The highest BCUT2D eigenvalue weighted by Gasteiger charge is 2.30. The van der Waals surface area contributed by atoms with Gasteiger partial charge in [0, 0.05) is 18.3 Å². The van der Waals surface area contributed by atoms with Crippen LogP contribution < -0.4 is 5.32 Å². The molecule has 2 heteroatoms. The molecule has 0 heterocycles. The van der Waals surface area contributed by atoms with Crippen molar-refractivity contribution in [2.45, 2.75) is 39.2 Å². The van der Waals surface area contributed by atoms with Crippen molar-refractivity contribution in [3.8, 4) is 0 Å². The molecule has 1 aromatic carbocycles. The van der Waals surface area contributed by atoms with Crippen LogP contribution in [-0.4, -0.2) is 17.8 Å². The molecule has 1 aliphatic rings. The molecule has 2 nitrogen and oxygen atoms in total. The Bertz CT molecular complexity index is 338. The lowest BCUT2D eigenvalue weighted by Crippen LogP contribution is -2.37. The average molecular weight is 233 g/mol. The molecule has 0 bridgehead atoms. The number of aliphatic hydroxyl groups is 1. The van der Waals surface area contributed by atoms with Crippen molar-refractivity contribution >= 4 is 5.69 Å². The molecule has 2 N–H and O–H groups in total. The van der Waals surface area contributed by atoms with Gasteiger partial charge in [0.15, 0.2) is 0 Å². The molecule has 0 amide bonds. The number of nitrogens with one attached hydrogen (secondary N) is 1. The summed E-state index contributed by atoms with van der Waals surface area (Å²) in [6, 6.07) is 9.08. The molecule has 0 radical (unpaired) electrons. The van der Waals surface area contributed by atoms with Crippen LogP contribution in [0, 0.1) is 11.8 Å². The molecule has 1 fully saturated rings. The number of hydrogen-bond donors (Lipinski definition) is 2. The summed E-state index contributed by atoms with van der Waals surface area (Å²) in [6.07, 6.45) is 3.35. The van der Waals surface area contributed by atoms with Crippen LogP contribution in [0.3, 0.4) is 0 Å². The fourth-order valence-corrected chi connectivity index (χ4v) is 2.46. The number of hydrogen-bond acceptors (Lipinski definition) is 2. The first-order chi connectivity index (χ1) is 8.19. The highest BCUT2D eigenvalue weighted by molar-refractivity contribution is 5.46. The van der Waals surface area contributed by atoms with E-state index >= 15 is 0 Å². The SMILES string of the molecule is CC(C)C1CC(Nc2ccc(CCO)cc2)C1. The second-order valence-corrected chi connectivity index (χ2v) is 5.49. The topological polar surface area (TPSA) is 32.3 Å². The van der Waals surface area contributed by atoms with Crippen LogP contribution in [0.5, 0.6) is 0 Å². The Kier molecular flexibility index (Phi) is 4.06. The van der Waals surface area contributed by atoms with Gasteiger partial charge >= 0.3 is 0 Å². The molecule has 0 saturated heterocycles. The second kappa shape index (κ2) is 5.54. The Morgan fingerprint density at radius 2 is 1.88 bits per heavy atom. The van der Waals surface area contributed by atoms with Crippen molar-refractivity contribution in [3.63, 3.8) is 0 Å². The zero-order valence-electron chi connectivity index (χ0n) is 10.8. The van der Waals surface area contributed by atoms with Gasteiger partial charge in [-0.15, -0.1) is 0 Å². The molecule has 0 atom stereocenters. The first-order valence-corrected chi connectivity index (χ1v) is 6.65. The Morgan fingerprint density at radius 1 is 1.24 bits per heavy atom. The van der Waals surface area contributed by atoms with E-state index in [1.54, 1.807) is 0 Å². The smallest absolute Gasteiger partial charge is 0.0471 e. The zero-order chi connectivity index (χ0) is 12.3.